The number of carbonyl (C=O) groups is 1. The minimum atomic E-state index is -0.158. The predicted molar refractivity (Wildman–Crippen MR) is 96.7 cm³/mol. The van der Waals surface area contributed by atoms with Gasteiger partial charge in [-0.05, 0) is 24.6 Å². The van der Waals surface area contributed by atoms with E-state index in [9.17, 15) is 4.79 Å². The number of rotatable bonds is 7. The van der Waals surface area contributed by atoms with Crippen molar-refractivity contribution < 1.29 is 14.4 Å². The number of benzene rings is 2. The quantitative estimate of drug-likeness (QED) is 0.804. The lowest BCUT2D eigenvalue weighted by molar-refractivity contribution is -0.890. The molecule has 1 amide bonds. The summed E-state index contributed by atoms with van der Waals surface area (Å²) < 4.78 is 5.53. The van der Waals surface area contributed by atoms with Gasteiger partial charge in [0.25, 0.3) is 5.91 Å². The minimum Gasteiger partial charge on any atom is -0.482 e. The third kappa shape index (κ3) is 5.25. The van der Waals surface area contributed by atoms with Gasteiger partial charge in [-0.25, -0.2) is 0 Å². The van der Waals surface area contributed by atoms with Crippen molar-refractivity contribution in [3.8, 4) is 5.75 Å². The molecule has 24 heavy (non-hydrogen) atoms. The zero-order valence-electron chi connectivity index (χ0n) is 14.3. The third-order valence-corrected chi connectivity index (χ3v) is 4.16. The Morgan fingerprint density at radius 3 is 2.58 bits per heavy atom. The summed E-state index contributed by atoms with van der Waals surface area (Å²) in [5.74, 6) is 0.374. The number of nitrogens with one attached hydrogen (secondary N) is 2. The van der Waals surface area contributed by atoms with Crippen LogP contribution in [0, 0.1) is 6.92 Å². The first-order chi connectivity index (χ1) is 11.5. The van der Waals surface area contributed by atoms with Gasteiger partial charge < -0.3 is 15.0 Å². The van der Waals surface area contributed by atoms with Crippen LogP contribution in [0.4, 0.5) is 0 Å². The lowest BCUT2D eigenvalue weighted by Crippen LogP contribution is -3.07. The van der Waals surface area contributed by atoms with Gasteiger partial charge in [0.15, 0.2) is 6.61 Å². The molecule has 0 bridgehead atoms. The third-order valence-electron chi connectivity index (χ3n) is 3.85. The Labute approximate surface area is 148 Å². The summed E-state index contributed by atoms with van der Waals surface area (Å²) in [7, 11) is 4.15. The smallest absolute Gasteiger partial charge is 0.258 e. The molecule has 0 heterocycles. The van der Waals surface area contributed by atoms with Crippen LogP contribution in [0.2, 0.25) is 5.02 Å². The predicted octanol–water partition coefficient (Wildman–Crippen LogP) is 2.03. The van der Waals surface area contributed by atoms with Crippen LogP contribution in [0.25, 0.3) is 0 Å². The van der Waals surface area contributed by atoms with E-state index in [0.29, 0.717) is 17.3 Å². The normalized spacial score (nSPS) is 12.0. The molecule has 0 saturated heterocycles. The molecule has 0 unspecified atom stereocenters. The highest BCUT2D eigenvalue weighted by Gasteiger charge is 2.18. The number of hydrogen-bond acceptors (Lipinski definition) is 2. The second kappa shape index (κ2) is 8.71. The number of ether oxygens (including phenoxy) is 1. The molecule has 0 saturated carbocycles. The molecule has 5 heteroatoms. The van der Waals surface area contributed by atoms with Crippen LogP contribution in [0.5, 0.6) is 5.75 Å². The summed E-state index contributed by atoms with van der Waals surface area (Å²) in [6, 6.07) is 15.9. The first kappa shape index (κ1) is 18.3. The molecule has 1 atom stereocenters. The summed E-state index contributed by atoms with van der Waals surface area (Å²) in [5, 5.41) is 3.45. The molecule has 0 fully saturated rings. The molecule has 2 aromatic rings. The summed E-state index contributed by atoms with van der Waals surface area (Å²) in [6.07, 6.45) is 0. The molecule has 0 aliphatic rings. The maximum absolute atomic E-state index is 12.1. The molecule has 4 nitrogen and oxygen atoms in total. The van der Waals surface area contributed by atoms with Gasteiger partial charge in [0.05, 0.1) is 25.7 Å². The van der Waals surface area contributed by atoms with Crippen molar-refractivity contribution >= 4 is 17.5 Å². The van der Waals surface area contributed by atoms with E-state index < -0.39 is 0 Å². The molecule has 0 spiro atoms. The molecule has 128 valence electrons. The molecule has 2 rings (SSSR count). The number of quaternary nitrogens is 1. The molecule has 2 aromatic carbocycles. The molecular weight excluding hydrogens is 324 g/mol. The number of halogens is 1. The summed E-state index contributed by atoms with van der Waals surface area (Å²) >= 11 is 6.07. The fourth-order valence-electron chi connectivity index (χ4n) is 2.47. The largest absolute Gasteiger partial charge is 0.482 e. The zero-order chi connectivity index (χ0) is 17.5. The van der Waals surface area contributed by atoms with Gasteiger partial charge in [-0.15, -0.1) is 0 Å². The van der Waals surface area contributed by atoms with Crippen LogP contribution in [0.3, 0.4) is 0 Å². The number of likely N-dealkylation sites (N-methyl/N-ethyl adjacent to an activating group) is 1. The van der Waals surface area contributed by atoms with E-state index in [4.69, 9.17) is 16.3 Å². The average Bonchev–Trinajstić information content (AvgIpc) is 2.56. The van der Waals surface area contributed by atoms with Gasteiger partial charge in [0.1, 0.15) is 11.8 Å². The van der Waals surface area contributed by atoms with Gasteiger partial charge >= 0.3 is 0 Å². The molecule has 2 N–H and O–H groups in total. The van der Waals surface area contributed by atoms with Crippen molar-refractivity contribution in [2.75, 3.05) is 27.2 Å². The van der Waals surface area contributed by atoms with Crippen molar-refractivity contribution in [1.82, 2.24) is 5.32 Å². The lowest BCUT2D eigenvalue weighted by Gasteiger charge is -2.22. The monoisotopic (exact) mass is 347 g/mol. The van der Waals surface area contributed by atoms with Crippen LogP contribution < -0.4 is 15.0 Å². The van der Waals surface area contributed by atoms with E-state index in [1.165, 1.54) is 10.5 Å². The van der Waals surface area contributed by atoms with E-state index in [1.807, 2.05) is 37.3 Å². The Balaban J connectivity index is 1.88. The van der Waals surface area contributed by atoms with Gasteiger partial charge in [-0.2, -0.15) is 0 Å². The highest BCUT2D eigenvalue weighted by molar-refractivity contribution is 6.32. The number of aryl methyl sites for hydroxylation is 1. The number of amides is 1. The van der Waals surface area contributed by atoms with Gasteiger partial charge in [-0.3, -0.25) is 4.79 Å². The van der Waals surface area contributed by atoms with E-state index in [-0.39, 0.29) is 18.6 Å². The second-order valence-electron chi connectivity index (χ2n) is 6.07. The maximum Gasteiger partial charge on any atom is 0.258 e. The highest BCUT2D eigenvalue weighted by atomic mass is 35.5. The Morgan fingerprint density at radius 2 is 1.92 bits per heavy atom. The lowest BCUT2D eigenvalue weighted by atomic mass is 10.1. The topological polar surface area (TPSA) is 42.8 Å². The van der Waals surface area contributed by atoms with Gasteiger partial charge in [0, 0.05) is 5.56 Å². The SMILES string of the molecule is Cc1ccc(Cl)c(OCC(=O)NC[C@@H](c2ccccc2)[NH+](C)C)c1. The molecule has 0 aliphatic carbocycles. The Morgan fingerprint density at radius 1 is 1.21 bits per heavy atom. The fourth-order valence-corrected chi connectivity index (χ4v) is 2.64. The van der Waals surface area contributed by atoms with Crippen molar-refractivity contribution in [3.05, 3.63) is 64.7 Å². The highest BCUT2D eigenvalue weighted by Crippen LogP contribution is 2.25. The van der Waals surface area contributed by atoms with E-state index in [2.05, 4.69) is 31.5 Å². The van der Waals surface area contributed by atoms with E-state index in [1.54, 1.807) is 6.07 Å². The second-order valence-corrected chi connectivity index (χ2v) is 6.47. The number of hydrogen-bond donors (Lipinski definition) is 2. The molecule has 0 radical (unpaired) electrons. The summed E-state index contributed by atoms with van der Waals surface area (Å²) in [4.78, 5) is 13.3. The molecular formula is C19H24ClN2O2+. The van der Waals surface area contributed by atoms with Crippen molar-refractivity contribution in [1.29, 1.82) is 0 Å². The van der Waals surface area contributed by atoms with Crippen LogP contribution in [0.1, 0.15) is 17.2 Å². The zero-order valence-corrected chi connectivity index (χ0v) is 15.1. The first-order valence-corrected chi connectivity index (χ1v) is 8.36. The summed E-state index contributed by atoms with van der Waals surface area (Å²) in [6.45, 7) is 2.46. The van der Waals surface area contributed by atoms with Crippen molar-refractivity contribution in [2.24, 2.45) is 0 Å². The van der Waals surface area contributed by atoms with Crippen molar-refractivity contribution in [2.45, 2.75) is 13.0 Å². The van der Waals surface area contributed by atoms with E-state index >= 15 is 0 Å². The van der Waals surface area contributed by atoms with Gasteiger partial charge in [0.2, 0.25) is 0 Å². The van der Waals surface area contributed by atoms with Crippen LogP contribution >= 0.6 is 11.6 Å². The Hall–Kier alpha value is -2.04. The molecule has 0 aliphatic heterocycles. The van der Waals surface area contributed by atoms with Crippen LogP contribution in [0.15, 0.2) is 48.5 Å². The Bertz CT molecular complexity index is 674. The van der Waals surface area contributed by atoms with E-state index in [0.717, 1.165) is 5.56 Å². The average molecular weight is 348 g/mol. The molecule has 0 aromatic heterocycles. The first-order valence-electron chi connectivity index (χ1n) is 7.98. The number of carbonyl (C=O) groups excluding carboxylic acids is 1. The maximum atomic E-state index is 12.1. The Kier molecular flexibility index (Phi) is 6.64. The minimum absolute atomic E-state index is 0.0482. The fraction of sp³-hybridized carbons (Fsp3) is 0.316. The van der Waals surface area contributed by atoms with Crippen LogP contribution in [-0.2, 0) is 4.79 Å². The standard InChI is InChI=1S/C19H23ClN2O2/c1-14-9-10-16(20)18(11-14)24-13-19(23)21-12-17(22(2)3)15-7-5-4-6-8-15/h4-11,17H,12-13H2,1-3H3,(H,21,23)/p+1/t17-/m0/s1. The van der Waals surface area contributed by atoms with Gasteiger partial charge in [-0.1, -0.05) is 48.0 Å². The summed E-state index contributed by atoms with van der Waals surface area (Å²) in [5.41, 5.74) is 2.23. The van der Waals surface area contributed by atoms with Crippen molar-refractivity contribution in [3.63, 3.8) is 0 Å². The van der Waals surface area contributed by atoms with Crippen LogP contribution in [-0.4, -0.2) is 33.2 Å².